The van der Waals surface area contributed by atoms with Crippen molar-refractivity contribution in [3.8, 4) is 0 Å². The Morgan fingerprint density at radius 1 is 1.33 bits per heavy atom. The maximum absolute atomic E-state index is 11.1. The van der Waals surface area contributed by atoms with Gasteiger partial charge in [0.1, 0.15) is 0 Å². The summed E-state index contributed by atoms with van der Waals surface area (Å²) in [5.41, 5.74) is 4.35. The average Bonchev–Trinajstić information content (AvgIpc) is 2.06. The SMILES string of the molecule is CC(=O)NNC(=O)CN1CC(C(=O)O)C1. The molecule has 15 heavy (non-hydrogen) atoms. The van der Waals surface area contributed by atoms with Gasteiger partial charge >= 0.3 is 5.97 Å². The summed E-state index contributed by atoms with van der Waals surface area (Å²) in [6.45, 7) is 2.14. The number of hydrogen-bond donors (Lipinski definition) is 3. The van der Waals surface area contributed by atoms with Crippen LogP contribution < -0.4 is 10.9 Å². The van der Waals surface area contributed by atoms with Crippen LogP contribution in [0.25, 0.3) is 0 Å². The van der Waals surface area contributed by atoms with E-state index in [0.29, 0.717) is 13.1 Å². The summed E-state index contributed by atoms with van der Waals surface area (Å²) in [7, 11) is 0. The van der Waals surface area contributed by atoms with Crippen molar-refractivity contribution in [1.29, 1.82) is 0 Å². The number of hydrazine groups is 1. The number of carbonyl (C=O) groups is 3. The first-order valence-corrected chi connectivity index (χ1v) is 4.49. The number of hydrogen-bond acceptors (Lipinski definition) is 4. The molecule has 84 valence electrons. The molecule has 0 unspecified atom stereocenters. The topological polar surface area (TPSA) is 98.7 Å². The molecule has 0 atom stereocenters. The Balaban J connectivity index is 2.13. The number of carboxylic acid groups (broad SMARTS) is 1. The van der Waals surface area contributed by atoms with Crippen molar-refractivity contribution >= 4 is 17.8 Å². The molecule has 1 aliphatic heterocycles. The molecule has 1 heterocycles. The highest BCUT2D eigenvalue weighted by atomic mass is 16.4. The first-order chi connectivity index (χ1) is 6.99. The summed E-state index contributed by atoms with van der Waals surface area (Å²) in [6, 6.07) is 0. The fourth-order valence-corrected chi connectivity index (χ4v) is 1.26. The first-order valence-electron chi connectivity index (χ1n) is 4.49. The van der Waals surface area contributed by atoms with E-state index in [-0.39, 0.29) is 24.3 Å². The Bertz CT molecular complexity index is 286. The van der Waals surface area contributed by atoms with Gasteiger partial charge in [-0.3, -0.25) is 30.1 Å². The monoisotopic (exact) mass is 215 g/mol. The third-order valence-electron chi connectivity index (χ3n) is 2.05. The van der Waals surface area contributed by atoms with Gasteiger partial charge in [-0.25, -0.2) is 0 Å². The van der Waals surface area contributed by atoms with Crippen molar-refractivity contribution in [1.82, 2.24) is 15.8 Å². The van der Waals surface area contributed by atoms with Gasteiger partial charge < -0.3 is 5.11 Å². The number of amides is 2. The van der Waals surface area contributed by atoms with Gasteiger partial charge in [-0.15, -0.1) is 0 Å². The van der Waals surface area contributed by atoms with Gasteiger partial charge in [0, 0.05) is 20.0 Å². The molecule has 1 fully saturated rings. The van der Waals surface area contributed by atoms with E-state index >= 15 is 0 Å². The van der Waals surface area contributed by atoms with Crippen LogP contribution in [0.1, 0.15) is 6.92 Å². The largest absolute Gasteiger partial charge is 0.481 e. The molecule has 7 heteroatoms. The number of likely N-dealkylation sites (tertiary alicyclic amines) is 1. The molecule has 0 aliphatic carbocycles. The van der Waals surface area contributed by atoms with E-state index in [1.165, 1.54) is 6.92 Å². The highest BCUT2D eigenvalue weighted by molar-refractivity contribution is 5.82. The van der Waals surface area contributed by atoms with Crippen LogP contribution >= 0.6 is 0 Å². The number of carbonyl (C=O) groups excluding carboxylic acids is 2. The lowest BCUT2D eigenvalue weighted by Gasteiger charge is -2.35. The van der Waals surface area contributed by atoms with Gasteiger partial charge in [0.25, 0.3) is 5.91 Å². The van der Waals surface area contributed by atoms with Crippen LogP contribution in [0, 0.1) is 5.92 Å². The molecule has 0 aromatic carbocycles. The second-order valence-electron chi connectivity index (χ2n) is 3.46. The Morgan fingerprint density at radius 3 is 2.40 bits per heavy atom. The number of nitrogens with zero attached hydrogens (tertiary/aromatic N) is 1. The van der Waals surface area contributed by atoms with Gasteiger partial charge in [-0.05, 0) is 0 Å². The standard InChI is InChI=1S/C8H13N3O4/c1-5(12)9-10-7(13)4-11-2-6(3-11)8(14)15/h6H,2-4H2,1H3,(H,9,12)(H,10,13)(H,14,15). The molecule has 0 aromatic rings. The number of rotatable bonds is 3. The fourth-order valence-electron chi connectivity index (χ4n) is 1.26. The van der Waals surface area contributed by atoms with Crippen LogP contribution in [0.3, 0.4) is 0 Å². The third-order valence-corrected chi connectivity index (χ3v) is 2.05. The van der Waals surface area contributed by atoms with Crippen LogP contribution in [0.15, 0.2) is 0 Å². The molecule has 1 aliphatic rings. The molecule has 0 spiro atoms. The summed E-state index contributed by atoms with van der Waals surface area (Å²) in [6.07, 6.45) is 0. The van der Waals surface area contributed by atoms with E-state index in [1.807, 2.05) is 0 Å². The molecule has 1 rings (SSSR count). The summed E-state index contributed by atoms with van der Waals surface area (Å²) in [5.74, 6) is -1.92. The quantitative estimate of drug-likeness (QED) is 0.481. The predicted molar refractivity (Wildman–Crippen MR) is 49.5 cm³/mol. The smallest absolute Gasteiger partial charge is 0.309 e. The van der Waals surface area contributed by atoms with E-state index in [9.17, 15) is 14.4 Å². The number of nitrogens with one attached hydrogen (secondary N) is 2. The van der Waals surface area contributed by atoms with Crippen LogP contribution in [0.5, 0.6) is 0 Å². The summed E-state index contributed by atoms with van der Waals surface area (Å²) >= 11 is 0. The van der Waals surface area contributed by atoms with Crippen molar-refractivity contribution < 1.29 is 19.5 Å². The normalized spacial score (nSPS) is 16.6. The summed E-state index contributed by atoms with van der Waals surface area (Å²) < 4.78 is 0. The van der Waals surface area contributed by atoms with E-state index < -0.39 is 5.97 Å². The molecule has 2 amide bonds. The first kappa shape index (κ1) is 11.4. The van der Waals surface area contributed by atoms with Gasteiger partial charge in [0.05, 0.1) is 12.5 Å². The molecule has 0 aromatic heterocycles. The summed E-state index contributed by atoms with van der Waals surface area (Å²) in [4.78, 5) is 33.7. The zero-order chi connectivity index (χ0) is 11.4. The maximum Gasteiger partial charge on any atom is 0.309 e. The van der Waals surface area contributed by atoms with E-state index in [1.54, 1.807) is 4.90 Å². The lowest BCUT2D eigenvalue weighted by molar-refractivity contribution is -0.148. The van der Waals surface area contributed by atoms with Gasteiger partial charge in [-0.2, -0.15) is 0 Å². The zero-order valence-corrected chi connectivity index (χ0v) is 8.32. The van der Waals surface area contributed by atoms with E-state index in [2.05, 4.69) is 10.9 Å². The molecule has 0 bridgehead atoms. The molecule has 0 saturated carbocycles. The Hall–Kier alpha value is -1.63. The highest BCUT2D eigenvalue weighted by Gasteiger charge is 2.33. The van der Waals surface area contributed by atoms with Crippen LogP contribution in [0.4, 0.5) is 0 Å². The van der Waals surface area contributed by atoms with Gasteiger partial charge in [0.2, 0.25) is 5.91 Å². The van der Waals surface area contributed by atoms with Crippen molar-refractivity contribution in [3.05, 3.63) is 0 Å². The molecule has 0 radical (unpaired) electrons. The van der Waals surface area contributed by atoms with Crippen molar-refractivity contribution in [3.63, 3.8) is 0 Å². The number of carboxylic acids is 1. The molecule has 7 nitrogen and oxygen atoms in total. The molecular formula is C8H13N3O4. The molecular weight excluding hydrogens is 202 g/mol. The predicted octanol–water partition coefficient (Wildman–Crippen LogP) is -1.83. The third kappa shape index (κ3) is 3.55. The Morgan fingerprint density at radius 2 is 1.93 bits per heavy atom. The lowest BCUT2D eigenvalue weighted by atomic mass is 10.0. The van der Waals surface area contributed by atoms with Crippen molar-refractivity contribution in [2.24, 2.45) is 5.92 Å². The van der Waals surface area contributed by atoms with Crippen LogP contribution in [-0.4, -0.2) is 47.4 Å². The van der Waals surface area contributed by atoms with Crippen LogP contribution in [-0.2, 0) is 14.4 Å². The highest BCUT2D eigenvalue weighted by Crippen LogP contribution is 2.14. The maximum atomic E-state index is 11.1. The average molecular weight is 215 g/mol. The van der Waals surface area contributed by atoms with E-state index in [4.69, 9.17) is 5.11 Å². The Kier molecular flexibility index (Phi) is 3.62. The van der Waals surface area contributed by atoms with Crippen molar-refractivity contribution in [2.75, 3.05) is 19.6 Å². The molecule has 1 saturated heterocycles. The summed E-state index contributed by atoms with van der Waals surface area (Å²) in [5, 5.41) is 8.58. The minimum absolute atomic E-state index is 0.101. The second-order valence-corrected chi connectivity index (χ2v) is 3.46. The van der Waals surface area contributed by atoms with Gasteiger partial charge in [-0.1, -0.05) is 0 Å². The van der Waals surface area contributed by atoms with Gasteiger partial charge in [0.15, 0.2) is 0 Å². The molecule has 3 N–H and O–H groups in total. The van der Waals surface area contributed by atoms with Crippen LogP contribution in [0.2, 0.25) is 0 Å². The fraction of sp³-hybridized carbons (Fsp3) is 0.625. The zero-order valence-electron chi connectivity index (χ0n) is 8.32. The minimum Gasteiger partial charge on any atom is -0.481 e. The minimum atomic E-state index is -0.839. The lowest BCUT2D eigenvalue weighted by Crippen LogP contribution is -2.55. The number of aliphatic carboxylic acids is 1. The van der Waals surface area contributed by atoms with E-state index in [0.717, 1.165) is 0 Å². The Labute approximate surface area is 86.4 Å². The van der Waals surface area contributed by atoms with Crippen molar-refractivity contribution in [2.45, 2.75) is 6.92 Å². The second kappa shape index (κ2) is 4.74.